The predicted molar refractivity (Wildman–Crippen MR) is 95.5 cm³/mol. The minimum atomic E-state index is -0.157. The van der Waals surface area contributed by atoms with Gasteiger partial charge < -0.3 is 15.5 Å². The first-order chi connectivity index (χ1) is 10.6. The Hall–Kier alpha value is -1.23. The summed E-state index contributed by atoms with van der Waals surface area (Å²) in [4.78, 5) is 12.6. The molecule has 1 aliphatic carbocycles. The number of rotatable bonds is 3. The number of nitrogens with one attached hydrogen (secondary N) is 1. The van der Waals surface area contributed by atoms with Crippen molar-refractivity contribution in [2.24, 2.45) is 11.7 Å². The number of aryl methyl sites for hydroxylation is 1. The Kier molecular flexibility index (Phi) is 5.95. The normalized spacial score (nSPS) is 21.0. The second-order valence-corrected chi connectivity index (χ2v) is 6.49. The SMILES string of the molecule is Cc1c(C(=O)NC2CCCCC2CN)oc2ccc(Cl)cc12.Cl. The number of halogens is 2. The molecule has 0 radical (unpaired) electrons. The number of carbonyl (C=O) groups is 1. The Balaban J connectivity index is 0.00000192. The number of hydrogen-bond donors (Lipinski definition) is 2. The second kappa shape index (κ2) is 7.56. The third-order valence-corrected chi connectivity index (χ3v) is 4.87. The van der Waals surface area contributed by atoms with Gasteiger partial charge in [0.05, 0.1) is 0 Å². The maximum absolute atomic E-state index is 12.6. The molecule has 6 heteroatoms. The smallest absolute Gasteiger partial charge is 0.287 e. The van der Waals surface area contributed by atoms with Crippen molar-refractivity contribution >= 4 is 40.9 Å². The van der Waals surface area contributed by atoms with Gasteiger partial charge in [-0.15, -0.1) is 12.4 Å². The van der Waals surface area contributed by atoms with Crippen LogP contribution in [0.3, 0.4) is 0 Å². The summed E-state index contributed by atoms with van der Waals surface area (Å²) in [6.07, 6.45) is 4.39. The van der Waals surface area contributed by atoms with E-state index in [4.69, 9.17) is 21.8 Å². The third-order valence-electron chi connectivity index (χ3n) is 4.63. The van der Waals surface area contributed by atoms with Gasteiger partial charge in [0.2, 0.25) is 0 Å². The number of benzene rings is 1. The fourth-order valence-corrected chi connectivity index (χ4v) is 3.50. The zero-order valence-corrected chi connectivity index (χ0v) is 14.7. The minimum Gasteiger partial charge on any atom is -0.451 e. The van der Waals surface area contributed by atoms with Gasteiger partial charge in [-0.1, -0.05) is 24.4 Å². The Morgan fingerprint density at radius 1 is 1.39 bits per heavy atom. The van der Waals surface area contributed by atoms with Gasteiger partial charge in [0, 0.05) is 22.0 Å². The minimum absolute atomic E-state index is 0. The van der Waals surface area contributed by atoms with Gasteiger partial charge >= 0.3 is 0 Å². The molecule has 1 aromatic carbocycles. The fraction of sp³-hybridized carbons (Fsp3) is 0.471. The first-order valence-corrected chi connectivity index (χ1v) is 8.17. The number of hydrogen-bond acceptors (Lipinski definition) is 3. The van der Waals surface area contributed by atoms with E-state index in [1.807, 2.05) is 13.0 Å². The molecule has 3 rings (SSSR count). The van der Waals surface area contributed by atoms with E-state index in [0.717, 1.165) is 30.2 Å². The topological polar surface area (TPSA) is 68.3 Å². The molecule has 1 amide bonds. The van der Waals surface area contributed by atoms with Gasteiger partial charge in [-0.05, 0) is 50.4 Å². The lowest BCUT2D eigenvalue weighted by molar-refractivity contribution is 0.0881. The molecule has 0 aliphatic heterocycles. The van der Waals surface area contributed by atoms with E-state index in [2.05, 4.69) is 5.32 Å². The Bertz CT molecular complexity index is 699. The molecule has 126 valence electrons. The number of nitrogens with two attached hydrogens (primary N) is 1. The summed E-state index contributed by atoms with van der Waals surface area (Å²) in [5.41, 5.74) is 7.34. The van der Waals surface area contributed by atoms with Crippen LogP contribution >= 0.6 is 24.0 Å². The molecule has 4 nitrogen and oxygen atoms in total. The summed E-state index contributed by atoms with van der Waals surface area (Å²) in [5.74, 6) is 0.575. The molecular weight excluding hydrogens is 335 g/mol. The number of fused-ring (bicyclic) bond motifs is 1. The highest BCUT2D eigenvalue weighted by molar-refractivity contribution is 6.31. The van der Waals surface area contributed by atoms with Gasteiger partial charge in [-0.2, -0.15) is 0 Å². The summed E-state index contributed by atoms with van der Waals surface area (Å²) < 4.78 is 5.72. The zero-order chi connectivity index (χ0) is 15.7. The average Bonchev–Trinajstić information content (AvgIpc) is 2.85. The van der Waals surface area contributed by atoms with Crippen LogP contribution in [-0.2, 0) is 0 Å². The average molecular weight is 357 g/mol. The molecule has 1 saturated carbocycles. The highest BCUT2D eigenvalue weighted by Crippen LogP contribution is 2.29. The first-order valence-electron chi connectivity index (χ1n) is 7.79. The standard InChI is InChI=1S/C17H21ClN2O2.ClH/c1-10-13-8-12(18)6-7-15(13)22-16(10)17(21)20-14-5-3-2-4-11(14)9-19;/h6-8,11,14H,2-5,9,19H2,1H3,(H,20,21);1H. The molecule has 1 fully saturated rings. The summed E-state index contributed by atoms with van der Waals surface area (Å²) >= 11 is 6.02. The molecule has 2 atom stereocenters. The first kappa shape index (κ1) is 18.1. The Morgan fingerprint density at radius 2 is 2.13 bits per heavy atom. The van der Waals surface area contributed by atoms with Crippen LogP contribution in [0.4, 0.5) is 0 Å². The van der Waals surface area contributed by atoms with Crippen molar-refractivity contribution < 1.29 is 9.21 Å². The molecule has 0 spiro atoms. The molecule has 2 aromatic rings. The van der Waals surface area contributed by atoms with Crippen molar-refractivity contribution in [2.75, 3.05) is 6.54 Å². The van der Waals surface area contributed by atoms with Crippen molar-refractivity contribution in [3.8, 4) is 0 Å². The maximum atomic E-state index is 12.6. The van der Waals surface area contributed by atoms with E-state index in [1.54, 1.807) is 12.1 Å². The summed E-state index contributed by atoms with van der Waals surface area (Å²) in [6, 6.07) is 5.53. The Labute approximate surface area is 147 Å². The lowest BCUT2D eigenvalue weighted by Gasteiger charge is -2.31. The maximum Gasteiger partial charge on any atom is 0.287 e. The second-order valence-electron chi connectivity index (χ2n) is 6.06. The summed E-state index contributed by atoms with van der Waals surface area (Å²) in [7, 11) is 0. The van der Waals surface area contributed by atoms with Crippen LogP contribution in [0, 0.1) is 12.8 Å². The van der Waals surface area contributed by atoms with Crippen molar-refractivity contribution in [3.63, 3.8) is 0 Å². The van der Waals surface area contributed by atoms with E-state index in [9.17, 15) is 4.79 Å². The van der Waals surface area contributed by atoms with Crippen LogP contribution in [0.1, 0.15) is 41.8 Å². The van der Waals surface area contributed by atoms with E-state index >= 15 is 0 Å². The van der Waals surface area contributed by atoms with Crippen LogP contribution in [0.25, 0.3) is 11.0 Å². The number of amides is 1. The van der Waals surface area contributed by atoms with Gasteiger partial charge in [0.15, 0.2) is 5.76 Å². The monoisotopic (exact) mass is 356 g/mol. The summed E-state index contributed by atoms with van der Waals surface area (Å²) in [6.45, 7) is 2.50. The quantitative estimate of drug-likeness (QED) is 0.870. The lowest BCUT2D eigenvalue weighted by atomic mass is 9.84. The fourth-order valence-electron chi connectivity index (χ4n) is 3.32. The molecule has 1 aromatic heterocycles. The van der Waals surface area contributed by atoms with Crippen LogP contribution in [0.5, 0.6) is 0 Å². The van der Waals surface area contributed by atoms with Crippen LogP contribution in [0.2, 0.25) is 5.02 Å². The molecule has 0 bridgehead atoms. The van der Waals surface area contributed by atoms with Crippen molar-refractivity contribution in [1.82, 2.24) is 5.32 Å². The highest BCUT2D eigenvalue weighted by Gasteiger charge is 2.27. The van der Waals surface area contributed by atoms with Crippen molar-refractivity contribution in [1.29, 1.82) is 0 Å². The summed E-state index contributed by atoms with van der Waals surface area (Å²) in [5, 5.41) is 4.63. The number of carbonyl (C=O) groups excluding carboxylic acids is 1. The molecule has 2 unspecified atom stereocenters. The van der Waals surface area contributed by atoms with E-state index < -0.39 is 0 Å². The largest absolute Gasteiger partial charge is 0.451 e. The van der Waals surface area contributed by atoms with E-state index in [0.29, 0.717) is 28.8 Å². The number of furan rings is 1. The van der Waals surface area contributed by atoms with Gasteiger partial charge in [0.1, 0.15) is 5.58 Å². The molecular formula is C17H22Cl2N2O2. The van der Waals surface area contributed by atoms with Crippen LogP contribution in [-0.4, -0.2) is 18.5 Å². The molecule has 23 heavy (non-hydrogen) atoms. The predicted octanol–water partition coefficient (Wildman–Crippen LogP) is 4.06. The van der Waals surface area contributed by atoms with Gasteiger partial charge in [-0.25, -0.2) is 0 Å². The molecule has 1 heterocycles. The van der Waals surface area contributed by atoms with E-state index in [-0.39, 0.29) is 24.4 Å². The van der Waals surface area contributed by atoms with E-state index in [1.165, 1.54) is 6.42 Å². The van der Waals surface area contributed by atoms with Crippen LogP contribution < -0.4 is 11.1 Å². The highest BCUT2D eigenvalue weighted by atomic mass is 35.5. The molecule has 1 aliphatic rings. The van der Waals surface area contributed by atoms with Gasteiger partial charge in [0.25, 0.3) is 5.91 Å². The van der Waals surface area contributed by atoms with Crippen molar-refractivity contribution in [2.45, 2.75) is 38.6 Å². The third kappa shape index (κ3) is 3.65. The molecule has 0 saturated heterocycles. The van der Waals surface area contributed by atoms with Gasteiger partial charge in [-0.3, -0.25) is 4.79 Å². The van der Waals surface area contributed by atoms with Crippen molar-refractivity contribution in [3.05, 3.63) is 34.5 Å². The Morgan fingerprint density at radius 3 is 2.87 bits per heavy atom. The molecule has 3 N–H and O–H groups in total. The lowest BCUT2D eigenvalue weighted by Crippen LogP contribution is -2.44. The van der Waals surface area contributed by atoms with Crippen LogP contribution in [0.15, 0.2) is 22.6 Å². The zero-order valence-electron chi connectivity index (χ0n) is 13.1.